The normalized spacial score (nSPS) is 4.00. The van der Waals surface area contributed by atoms with Crippen molar-refractivity contribution in [1.82, 2.24) is 0 Å². The van der Waals surface area contributed by atoms with Gasteiger partial charge in [0.25, 0.3) is 0 Å². The Kier molecular flexibility index (Phi) is 24.7. The van der Waals surface area contributed by atoms with Gasteiger partial charge >= 0.3 is 38.7 Å². The quantitative estimate of drug-likeness (QED) is 0.293. The monoisotopic (exact) mass is 136 g/mol. The van der Waals surface area contributed by atoms with Gasteiger partial charge in [0, 0.05) is 0 Å². The first-order chi connectivity index (χ1) is 1.73. The molecule has 1 unspecified atom stereocenters. The van der Waals surface area contributed by atoms with E-state index in [1.165, 1.54) is 0 Å². The van der Waals surface area contributed by atoms with E-state index in [0.29, 0.717) is 0 Å². The summed E-state index contributed by atoms with van der Waals surface area (Å²) in [5.74, 6) is 0. The van der Waals surface area contributed by atoms with Gasteiger partial charge in [0.05, 0.1) is 0 Å². The molecule has 1 atom stereocenters. The molecule has 0 bridgehead atoms. The molecule has 0 aliphatic rings. The van der Waals surface area contributed by atoms with Gasteiger partial charge in [-0.2, -0.15) is 9.90 Å². The molecule has 0 saturated carbocycles. The third kappa shape index (κ3) is 75.4. The van der Waals surface area contributed by atoms with Crippen molar-refractivity contribution in [3.63, 3.8) is 0 Å². The van der Waals surface area contributed by atoms with Crippen LogP contribution in [0.15, 0.2) is 0 Å². The molecule has 0 heterocycles. The summed E-state index contributed by atoms with van der Waals surface area (Å²) in [6.07, 6.45) is 0. The fourth-order valence-electron chi connectivity index (χ4n) is 0. The molecule has 0 saturated heterocycles. The van der Waals surface area contributed by atoms with E-state index in [9.17, 15) is 0 Å². The van der Waals surface area contributed by atoms with Gasteiger partial charge in [0.2, 0.25) is 0 Å². The van der Waals surface area contributed by atoms with Gasteiger partial charge < -0.3 is 9.59 Å². The van der Waals surface area contributed by atoms with Crippen LogP contribution in [0, 0.1) is 0 Å². The molecule has 0 fully saturated rings. The Morgan fingerprint density at radius 3 is 1.33 bits per heavy atom. The summed E-state index contributed by atoms with van der Waals surface area (Å²) in [7, 11) is -3.13. The van der Waals surface area contributed by atoms with E-state index < -0.39 is 9.17 Å². The minimum absolute atomic E-state index is 0. The van der Waals surface area contributed by atoms with Crippen LogP contribution in [0.5, 0.6) is 0 Å². The summed E-state index contributed by atoms with van der Waals surface area (Å²) < 4.78 is 8.74. The maximum atomic E-state index is 8.74. The molecule has 0 aromatic carbocycles. The van der Waals surface area contributed by atoms with Gasteiger partial charge in [-0.3, -0.25) is 4.46 Å². The molecule has 6 heavy (non-hydrogen) atoms. The van der Waals surface area contributed by atoms with Gasteiger partial charge in [0.1, 0.15) is 0 Å². The summed E-state index contributed by atoms with van der Waals surface area (Å²) in [4.78, 5) is 14.3. The molecular formula is H6NaO3PSi. The van der Waals surface area contributed by atoms with E-state index in [0.717, 1.165) is 0 Å². The van der Waals surface area contributed by atoms with E-state index in [-0.39, 0.29) is 39.5 Å². The second-order valence-electron chi connectivity index (χ2n) is 0.283. The Morgan fingerprint density at radius 2 is 1.33 bits per heavy atom. The van der Waals surface area contributed by atoms with Crippen LogP contribution in [0.2, 0.25) is 0 Å². The fraction of sp³-hybridized carbons (Fsp3) is 0. The zero-order valence-corrected chi connectivity index (χ0v) is 4.92. The zero-order valence-electron chi connectivity index (χ0n) is 2.51. The molecular weight excluding hydrogens is 130 g/mol. The van der Waals surface area contributed by atoms with Crippen molar-refractivity contribution in [2.45, 2.75) is 0 Å². The predicted octanol–water partition coefficient (Wildman–Crippen LogP) is -2.20. The maximum absolute atomic E-state index is 8.74. The van der Waals surface area contributed by atoms with Crippen LogP contribution in [0.1, 0.15) is 0 Å². The fourth-order valence-corrected chi connectivity index (χ4v) is 0. The molecule has 0 aromatic heterocycles. The van der Waals surface area contributed by atoms with Crippen molar-refractivity contribution in [2.75, 3.05) is 0 Å². The summed E-state index contributed by atoms with van der Waals surface area (Å²) in [6, 6.07) is 0. The topological polar surface area (TPSA) is 57.5 Å². The van der Waals surface area contributed by atoms with Gasteiger partial charge in [-0.15, -0.1) is 0 Å². The van der Waals surface area contributed by atoms with Crippen molar-refractivity contribution in [2.24, 2.45) is 0 Å². The summed E-state index contributed by atoms with van der Waals surface area (Å²) >= 11 is 0. The standard InChI is InChI=1S/Na.H2O3Si.H3P.H/c;1-4(2)3;;/h;1-2H;1H3;. The van der Waals surface area contributed by atoms with E-state index in [2.05, 4.69) is 0 Å². The van der Waals surface area contributed by atoms with Gasteiger partial charge in [0.15, 0.2) is 0 Å². The van der Waals surface area contributed by atoms with Crippen LogP contribution in [0.3, 0.4) is 0 Å². The molecule has 0 aromatic rings. The first kappa shape index (κ1) is 15.7. The second-order valence-corrected chi connectivity index (χ2v) is 0.848. The molecule has 34 valence electrons. The van der Waals surface area contributed by atoms with Gasteiger partial charge in [-0.1, -0.05) is 0 Å². The summed E-state index contributed by atoms with van der Waals surface area (Å²) in [6.45, 7) is 0. The van der Waals surface area contributed by atoms with E-state index in [1.54, 1.807) is 0 Å². The van der Waals surface area contributed by atoms with Crippen LogP contribution in [-0.4, -0.2) is 48.3 Å². The van der Waals surface area contributed by atoms with E-state index in [4.69, 9.17) is 14.1 Å². The van der Waals surface area contributed by atoms with Crippen molar-refractivity contribution in [3.8, 4) is 0 Å². The van der Waals surface area contributed by atoms with Crippen LogP contribution in [0.4, 0.5) is 0 Å². The number of rotatable bonds is 0. The Bertz CT molecular complexity index is 33.8. The molecule has 0 rings (SSSR count). The number of hydrogen-bond donors (Lipinski definition) is 2. The predicted molar refractivity (Wildman–Crippen MR) is 29.1 cm³/mol. The Labute approximate surface area is 62.6 Å². The third-order valence-corrected chi connectivity index (χ3v) is 0. The first-order valence-corrected chi connectivity index (χ1v) is 1.95. The van der Waals surface area contributed by atoms with Gasteiger partial charge in [-0.05, 0) is 0 Å². The molecule has 0 aliphatic heterocycles. The van der Waals surface area contributed by atoms with Crippen LogP contribution in [-0.2, 0) is 4.46 Å². The van der Waals surface area contributed by atoms with Crippen molar-refractivity contribution < 1.29 is 14.1 Å². The van der Waals surface area contributed by atoms with Crippen molar-refractivity contribution in [1.29, 1.82) is 0 Å². The summed E-state index contributed by atoms with van der Waals surface area (Å²) in [5, 5.41) is 0. The third-order valence-electron chi connectivity index (χ3n) is 0. The first-order valence-electron chi connectivity index (χ1n) is 0.651. The molecule has 0 radical (unpaired) electrons. The molecule has 0 amide bonds. The Balaban J connectivity index is -0.0000000450. The van der Waals surface area contributed by atoms with Crippen molar-refractivity contribution >= 4 is 48.6 Å². The molecule has 2 N–H and O–H groups in total. The van der Waals surface area contributed by atoms with Gasteiger partial charge in [-0.25, -0.2) is 0 Å². The van der Waals surface area contributed by atoms with Crippen LogP contribution >= 0.6 is 9.90 Å². The van der Waals surface area contributed by atoms with Crippen LogP contribution < -0.4 is 0 Å². The molecule has 6 heteroatoms. The zero-order chi connectivity index (χ0) is 3.58. The minimum atomic E-state index is -3.13. The molecule has 0 spiro atoms. The average Bonchev–Trinajstić information content (AvgIpc) is 0.811. The number of hydrogen-bond acceptors (Lipinski definition) is 1. The SMILES string of the molecule is O=[Si](O)O.P.[NaH]. The second kappa shape index (κ2) is 9.40. The molecule has 3 nitrogen and oxygen atoms in total. The Hall–Kier alpha value is 1.05. The summed E-state index contributed by atoms with van der Waals surface area (Å²) in [5.41, 5.74) is 0. The van der Waals surface area contributed by atoms with Crippen molar-refractivity contribution in [3.05, 3.63) is 0 Å². The average molecular weight is 136 g/mol. The van der Waals surface area contributed by atoms with E-state index >= 15 is 0 Å². The molecule has 0 aliphatic carbocycles. The van der Waals surface area contributed by atoms with Crippen LogP contribution in [0.25, 0.3) is 0 Å². The Morgan fingerprint density at radius 1 is 1.33 bits per heavy atom. The van der Waals surface area contributed by atoms with E-state index in [1.807, 2.05) is 0 Å².